The first-order valence-corrected chi connectivity index (χ1v) is 15.1. The first kappa shape index (κ1) is 35.4. The Morgan fingerprint density at radius 1 is 0.814 bits per heavy atom. The van der Waals surface area contributed by atoms with Gasteiger partial charge in [0.25, 0.3) is 0 Å². The van der Waals surface area contributed by atoms with Crippen molar-refractivity contribution in [1.82, 2.24) is 21.3 Å². The SMILES string of the molecule is CC(C)C(C=O)NCCCCCC(Cc1ccccc1)C(Cc1ccccc1)(NC(=O)O)NC(C(=O)NC(=O)O)C(C)C. The molecule has 0 fully saturated rings. The molecule has 6 N–H and O–H groups in total. The average molecular weight is 597 g/mol. The quantitative estimate of drug-likeness (QED) is 0.0765. The minimum atomic E-state index is -1.47. The first-order valence-electron chi connectivity index (χ1n) is 15.1. The van der Waals surface area contributed by atoms with E-state index in [2.05, 4.69) is 16.0 Å². The third-order valence-electron chi connectivity index (χ3n) is 7.74. The fourth-order valence-corrected chi connectivity index (χ4v) is 5.42. The smallest absolute Gasteiger partial charge is 0.411 e. The summed E-state index contributed by atoms with van der Waals surface area (Å²) in [4.78, 5) is 48.2. The molecular formula is C33H48N4O6. The summed E-state index contributed by atoms with van der Waals surface area (Å²) in [6.07, 6.45) is 2.07. The van der Waals surface area contributed by atoms with Gasteiger partial charge in [-0.05, 0) is 54.7 Å². The molecule has 0 radical (unpaired) electrons. The molecule has 10 nitrogen and oxygen atoms in total. The fraction of sp³-hybridized carbons (Fsp3) is 0.515. The molecule has 0 aromatic heterocycles. The van der Waals surface area contributed by atoms with Gasteiger partial charge in [0.05, 0.1) is 12.1 Å². The standard InChI is InChI=1S/C33H48N4O6/c1-23(2)28(22-38)34-19-13-7-12-18-27(20-25-14-8-5-9-15-25)33(37-32(42)43,21-26-16-10-6-11-17-26)36-29(24(3)4)30(39)35-31(40)41/h5-6,8-11,14-17,22-24,27-29,34,36-37H,7,12-13,18-21H2,1-4H3,(H,35,39)(H,40,41)(H,42,43). The normalized spacial score (nSPS) is 14.8. The molecule has 0 aliphatic rings. The second-order valence-corrected chi connectivity index (χ2v) is 11.8. The van der Waals surface area contributed by atoms with Crippen molar-refractivity contribution < 1.29 is 29.4 Å². The molecule has 0 bridgehead atoms. The molecule has 0 spiro atoms. The molecule has 0 saturated heterocycles. The molecule has 3 amide bonds. The molecule has 4 unspecified atom stereocenters. The highest BCUT2D eigenvalue weighted by molar-refractivity contribution is 5.94. The van der Waals surface area contributed by atoms with Crippen LogP contribution in [0, 0.1) is 17.8 Å². The Balaban J connectivity index is 2.47. The van der Waals surface area contributed by atoms with Crippen LogP contribution in [0.1, 0.15) is 64.5 Å². The highest BCUT2D eigenvalue weighted by Crippen LogP contribution is 2.31. The van der Waals surface area contributed by atoms with E-state index in [9.17, 15) is 29.4 Å². The molecule has 0 aliphatic heterocycles. The average Bonchev–Trinajstić information content (AvgIpc) is 2.94. The van der Waals surface area contributed by atoms with E-state index in [0.717, 1.165) is 36.7 Å². The molecule has 4 atom stereocenters. The second-order valence-electron chi connectivity index (χ2n) is 11.8. The number of hydrogen-bond donors (Lipinski definition) is 6. The number of carbonyl (C=O) groups excluding carboxylic acids is 2. The van der Waals surface area contributed by atoms with E-state index in [-0.39, 0.29) is 30.2 Å². The number of nitrogens with one attached hydrogen (secondary N) is 4. The van der Waals surface area contributed by atoms with E-state index in [1.165, 1.54) is 0 Å². The van der Waals surface area contributed by atoms with E-state index in [0.29, 0.717) is 19.4 Å². The van der Waals surface area contributed by atoms with Gasteiger partial charge in [-0.1, -0.05) is 101 Å². The summed E-state index contributed by atoms with van der Waals surface area (Å²) in [6, 6.07) is 18.0. The van der Waals surface area contributed by atoms with Gasteiger partial charge in [-0.2, -0.15) is 0 Å². The van der Waals surface area contributed by atoms with Gasteiger partial charge in [-0.25, -0.2) is 9.59 Å². The molecule has 0 heterocycles. The third-order valence-corrected chi connectivity index (χ3v) is 7.74. The monoisotopic (exact) mass is 596 g/mol. The zero-order valence-corrected chi connectivity index (χ0v) is 25.7. The fourth-order valence-electron chi connectivity index (χ4n) is 5.42. The van der Waals surface area contributed by atoms with Gasteiger partial charge in [-0.15, -0.1) is 0 Å². The molecule has 43 heavy (non-hydrogen) atoms. The van der Waals surface area contributed by atoms with Gasteiger partial charge in [0, 0.05) is 6.42 Å². The van der Waals surface area contributed by atoms with Gasteiger partial charge >= 0.3 is 12.2 Å². The Hall–Kier alpha value is -3.76. The van der Waals surface area contributed by atoms with Crippen molar-refractivity contribution in [1.29, 1.82) is 0 Å². The van der Waals surface area contributed by atoms with Crippen molar-refractivity contribution in [2.24, 2.45) is 17.8 Å². The maximum Gasteiger partial charge on any atom is 0.411 e. The van der Waals surface area contributed by atoms with E-state index < -0.39 is 29.8 Å². The summed E-state index contributed by atoms with van der Waals surface area (Å²) in [7, 11) is 0. The van der Waals surface area contributed by atoms with Gasteiger partial charge < -0.3 is 25.6 Å². The van der Waals surface area contributed by atoms with E-state index in [1.54, 1.807) is 13.8 Å². The number of imide groups is 1. The van der Waals surface area contributed by atoms with Crippen LogP contribution in [0.2, 0.25) is 0 Å². The van der Waals surface area contributed by atoms with Crippen LogP contribution < -0.4 is 21.3 Å². The van der Waals surface area contributed by atoms with Gasteiger partial charge in [0.1, 0.15) is 11.9 Å². The lowest BCUT2D eigenvalue weighted by molar-refractivity contribution is -0.124. The Bertz CT molecular complexity index is 1140. The Morgan fingerprint density at radius 3 is 1.93 bits per heavy atom. The molecule has 0 saturated carbocycles. The minimum Gasteiger partial charge on any atom is -0.465 e. The number of rotatable bonds is 19. The Kier molecular flexibility index (Phi) is 14.9. The van der Waals surface area contributed by atoms with E-state index in [1.807, 2.05) is 79.8 Å². The molecule has 10 heteroatoms. The van der Waals surface area contributed by atoms with Crippen LogP contribution in [0.5, 0.6) is 0 Å². The number of hydrogen-bond acceptors (Lipinski definition) is 6. The summed E-state index contributed by atoms with van der Waals surface area (Å²) >= 11 is 0. The van der Waals surface area contributed by atoms with Crippen molar-refractivity contribution in [3.63, 3.8) is 0 Å². The number of benzene rings is 2. The molecule has 2 aromatic rings. The number of amides is 3. The molecule has 0 aliphatic carbocycles. The number of unbranched alkanes of at least 4 members (excludes halogenated alkanes) is 2. The van der Waals surface area contributed by atoms with Gasteiger partial charge in [0.15, 0.2) is 0 Å². The maximum atomic E-state index is 13.1. The van der Waals surface area contributed by atoms with Gasteiger partial charge in [-0.3, -0.25) is 15.4 Å². The zero-order valence-electron chi connectivity index (χ0n) is 25.7. The van der Waals surface area contributed by atoms with Crippen LogP contribution >= 0.6 is 0 Å². The predicted octanol–water partition coefficient (Wildman–Crippen LogP) is 4.83. The summed E-state index contributed by atoms with van der Waals surface area (Å²) in [5, 5.41) is 30.8. The first-order chi connectivity index (χ1) is 20.5. The predicted molar refractivity (Wildman–Crippen MR) is 167 cm³/mol. The maximum absolute atomic E-state index is 13.1. The lowest BCUT2D eigenvalue weighted by atomic mass is 9.78. The Labute approximate surface area is 255 Å². The van der Waals surface area contributed by atoms with Crippen molar-refractivity contribution in [2.75, 3.05) is 6.54 Å². The summed E-state index contributed by atoms with van der Waals surface area (Å²) < 4.78 is 0. The molecule has 236 valence electrons. The van der Waals surface area contributed by atoms with Crippen LogP contribution in [-0.2, 0) is 22.4 Å². The zero-order chi connectivity index (χ0) is 31.8. The van der Waals surface area contributed by atoms with Crippen molar-refractivity contribution in [2.45, 2.75) is 84.0 Å². The second kappa shape index (κ2) is 18.0. The van der Waals surface area contributed by atoms with Crippen LogP contribution in [0.4, 0.5) is 9.59 Å². The van der Waals surface area contributed by atoms with Crippen LogP contribution in [0.3, 0.4) is 0 Å². The summed E-state index contributed by atoms with van der Waals surface area (Å²) in [6.45, 7) is 8.26. The highest BCUT2D eigenvalue weighted by atomic mass is 16.4. The third kappa shape index (κ3) is 12.2. The lowest BCUT2D eigenvalue weighted by Gasteiger charge is -2.45. The molecular weight excluding hydrogens is 548 g/mol. The van der Waals surface area contributed by atoms with Gasteiger partial charge in [0.2, 0.25) is 5.91 Å². The lowest BCUT2D eigenvalue weighted by Crippen LogP contribution is -2.70. The van der Waals surface area contributed by atoms with E-state index in [4.69, 9.17) is 0 Å². The molecule has 2 aromatic carbocycles. The number of carboxylic acid groups (broad SMARTS) is 2. The van der Waals surface area contributed by atoms with E-state index >= 15 is 0 Å². The largest absolute Gasteiger partial charge is 0.465 e. The Morgan fingerprint density at radius 2 is 1.42 bits per heavy atom. The van der Waals surface area contributed by atoms with Crippen LogP contribution in [-0.4, -0.2) is 58.9 Å². The number of carbonyl (C=O) groups is 4. The van der Waals surface area contributed by atoms with Crippen LogP contribution in [0.25, 0.3) is 0 Å². The minimum absolute atomic E-state index is 0.196. The summed E-state index contributed by atoms with van der Waals surface area (Å²) in [5.41, 5.74) is 0.565. The van der Waals surface area contributed by atoms with Crippen molar-refractivity contribution in [3.8, 4) is 0 Å². The van der Waals surface area contributed by atoms with Crippen molar-refractivity contribution >= 4 is 24.4 Å². The summed E-state index contributed by atoms with van der Waals surface area (Å²) in [5.74, 6) is -1.20. The topological polar surface area (TPSA) is 157 Å². The van der Waals surface area contributed by atoms with Crippen LogP contribution in [0.15, 0.2) is 60.7 Å². The number of aldehydes is 1. The highest BCUT2D eigenvalue weighted by Gasteiger charge is 2.44. The van der Waals surface area contributed by atoms with Crippen molar-refractivity contribution in [3.05, 3.63) is 71.8 Å². The molecule has 2 rings (SSSR count).